The first-order chi connectivity index (χ1) is 11.5. The van der Waals surface area contributed by atoms with Crippen molar-refractivity contribution >= 4 is 34.3 Å². The molecule has 0 fully saturated rings. The van der Waals surface area contributed by atoms with E-state index in [0.717, 1.165) is 0 Å². The Bertz CT molecular complexity index is 881. The number of benzene rings is 1. The van der Waals surface area contributed by atoms with Gasteiger partial charge in [0.1, 0.15) is 23.2 Å². The number of ether oxygens (including phenoxy) is 2. The first-order valence-corrected chi connectivity index (χ1v) is 7.50. The molecule has 3 aromatic rings. The van der Waals surface area contributed by atoms with E-state index < -0.39 is 0 Å². The van der Waals surface area contributed by atoms with E-state index in [2.05, 4.69) is 10.4 Å². The number of aryl methyl sites for hydroxylation is 1. The molecule has 126 valence electrons. The lowest BCUT2D eigenvalue weighted by molar-refractivity contribution is 0.102. The molecule has 0 saturated carbocycles. The zero-order valence-electron chi connectivity index (χ0n) is 13.4. The number of hydrogen-bond donors (Lipinski definition) is 1. The summed E-state index contributed by atoms with van der Waals surface area (Å²) < 4.78 is 17.6. The first kappa shape index (κ1) is 16.4. The number of carbonyl (C=O) groups is 1. The molecule has 3 rings (SSSR count). The van der Waals surface area contributed by atoms with Gasteiger partial charge in [-0.05, 0) is 18.2 Å². The Morgan fingerprint density at radius 2 is 2.21 bits per heavy atom. The predicted octanol–water partition coefficient (Wildman–Crippen LogP) is 3.23. The second-order valence-electron chi connectivity index (χ2n) is 5.12. The lowest BCUT2D eigenvalue weighted by atomic mass is 10.1. The predicted molar refractivity (Wildman–Crippen MR) is 89.7 cm³/mol. The summed E-state index contributed by atoms with van der Waals surface area (Å²) in [6, 6.07) is 5.12. The smallest absolute Gasteiger partial charge is 0.257 e. The van der Waals surface area contributed by atoms with Crippen LogP contribution < -0.4 is 10.1 Å². The van der Waals surface area contributed by atoms with Crippen LogP contribution in [-0.2, 0) is 18.4 Å². The maximum atomic E-state index is 12.7. The molecule has 24 heavy (non-hydrogen) atoms. The molecule has 0 aliphatic carbocycles. The number of methoxy groups -OCH3 is 2. The normalized spacial score (nSPS) is 11.0. The van der Waals surface area contributed by atoms with Crippen LogP contribution in [0.1, 0.15) is 16.1 Å². The third-order valence-corrected chi connectivity index (χ3v) is 3.85. The Morgan fingerprint density at radius 3 is 2.83 bits per heavy atom. The fraction of sp³-hybridized carbons (Fsp3) is 0.250. The second kappa shape index (κ2) is 6.54. The molecular weight excluding hydrogens is 334 g/mol. The molecule has 0 unspecified atom stereocenters. The van der Waals surface area contributed by atoms with Crippen molar-refractivity contribution in [2.75, 3.05) is 19.5 Å². The number of nitrogens with zero attached hydrogens (tertiary/aromatic N) is 2. The molecule has 1 amide bonds. The molecule has 0 spiro atoms. The number of carbonyl (C=O) groups excluding carboxylic acids is 1. The molecule has 2 aromatic heterocycles. The van der Waals surface area contributed by atoms with Gasteiger partial charge in [0.15, 0.2) is 11.3 Å². The van der Waals surface area contributed by atoms with Crippen LogP contribution in [-0.4, -0.2) is 29.9 Å². The van der Waals surface area contributed by atoms with Crippen molar-refractivity contribution in [1.82, 2.24) is 9.78 Å². The highest BCUT2D eigenvalue weighted by molar-refractivity contribution is 6.33. The van der Waals surface area contributed by atoms with Gasteiger partial charge in [0.05, 0.1) is 18.9 Å². The topological polar surface area (TPSA) is 78.5 Å². The Kier molecular flexibility index (Phi) is 4.46. The van der Waals surface area contributed by atoms with Crippen LogP contribution in [0.2, 0.25) is 5.02 Å². The van der Waals surface area contributed by atoms with Gasteiger partial charge in [-0.15, -0.1) is 0 Å². The van der Waals surface area contributed by atoms with Crippen molar-refractivity contribution in [3.63, 3.8) is 0 Å². The lowest BCUT2D eigenvalue weighted by Crippen LogP contribution is -2.15. The van der Waals surface area contributed by atoms with Crippen molar-refractivity contribution in [2.45, 2.75) is 6.61 Å². The minimum atomic E-state index is -0.321. The maximum Gasteiger partial charge on any atom is 0.257 e. The minimum absolute atomic E-state index is 0.298. The Hall–Kier alpha value is -2.51. The standard InChI is InChI=1S/C16H16ClN3O4/c1-20-15(12(17)7-18-20)19-16(21)10-4-5-13(23-3)14-11(10)6-9(24-14)8-22-2/h4-7H,8H2,1-3H3,(H,19,21). The molecule has 1 aromatic carbocycles. The summed E-state index contributed by atoms with van der Waals surface area (Å²) in [4.78, 5) is 12.7. The Morgan fingerprint density at radius 1 is 1.42 bits per heavy atom. The van der Waals surface area contributed by atoms with E-state index in [4.69, 9.17) is 25.5 Å². The number of hydrogen-bond acceptors (Lipinski definition) is 5. The highest BCUT2D eigenvalue weighted by Crippen LogP contribution is 2.32. The minimum Gasteiger partial charge on any atom is -0.493 e. The lowest BCUT2D eigenvalue weighted by Gasteiger charge is -2.08. The molecule has 7 nitrogen and oxygen atoms in total. The van der Waals surface area contributed by atoms with Crippen LogP contribution >= 0.6 is 11.6 Å². The molecule has 0 atom stereocenters. The molecule has 0 aliphatic heterocycles. The van der Waals surface area contributed by atoms with E-state index in [9.17, 15) is 4.79 Å². The van der Waals surface area contributed by atoms with Crippen LogP contribution in [0.4, 0.5) is 5.82 Å². The summed E-state index contributed by atoms with van der Waals surface area (Å²) in [5, 5.41) is 7.76. The van der Waals surface area contributed by atoms with Gasteiger partial charge in [0.2, 0.25) is 0 Å². The van der Waals surface area contributed by atoms with E-state index in [1.54, 1.807) is 39.5 Å². The molecule has 2 heterocycles. The van der Waals surface area contributed by atoms with Crippen molar-refractivity contribution in [3.8, 4) is 5.75 Å². The number of anilines is 1. The van der Waals surface area contributed by atoms with Crippen molar-refractivity contribution in [1.29, 1.82) is 0 Å². The molecule has 8 heteroatoms. The summed E-state index contributed by atoms with van der Waals surface area (Å²) >= 11 is 6.03. The van der Waals surface area contributed by atoms with Gasteiger partial charge in [-0.2, -0.15) is 5.10 Å². The second-order valence-corrected chi connectivity index (χ2v) is 5.53. The van der Waals surface area contributed by atoms with Crippen LogP contribution in [0.25, 0.3) is 11.0 Å². The fourth-order valence-electron chi connectivity index (χ4n) is 2.45. The van der Waals surface area contributed by atoms with Gasteiger partial charge >= 0.3 is 0 Å². The van der Waals surface area contributed by atoms with E-state index in [1.165, 1.54) is 10.9 Å². The van der Waals surface area contributed by atoms with Gasteiger partial charge in [-0.25, -0.2) is 0 Å². The van der Waals surface area contributed by atoms with Crippen molar-refractivity contribution in [2.24, 2.45) is 7.05 Å². The molecule has 0 radical (unpaired) electrons. The summed E-state index contributed by atoms with van der Waals surface area (Å²) in [6.45, 7) is 0.298. The quantitative estimate of drug-likeness (QED) is 0.765. The number of nitrogens with one attached hydrogen (secondary N) is 1. The van der Waals surface area contributed by atoms with Gasteiger partial charge in [-0.3, -0.25) is 9.48 Å². The monoisotopic (exact) mass is 349 g/mol. The molecule has 0 aliphatic rings. The largest absolute Gasteiger partial charge is 0.493 e. The molecule has 0 saturated heterocycles. The van der Waals surface area contributed by atoms with E-state index in [1.807, 2.05) is 0 Å². The van der Waals surface area contributed by atoms with Crippen LogP contribution in [0.3, 0.4) is 0 Å². The van der Waals surface area contributed by atoms with Crippen LogP contribution in [0.5, 0.6) is 5.75 Å². The third kappa shape index (κ3) is 2.83. The van der Waals surface area contributed by atoms with Gasteiger partial charge < -0.3 is 19.2 Å². The Balaban J connectivity index is 2.03. The van der Waals surface area contributed by atoms with Crippen molar-refractivity contribution in [3.05, 3.63) is 40.7 Å². The van der Waals surface area contributed by atoms with Gasteiger partial charge in [-0.1, -0.05) is 11.6 Å². The number of amides is 1. The average Bonchev–Trinajstić information content (AvgIpc) is 3.12. The summed E-state index contributed by atoms with van der Waals surface area (Å²) in [5.41, 5.74) is 0.933. The number of furan rings is 1. The maximum absolute atomic E-state index is 12.7. The van der Waals surface area contributed by atoms with E-state index in [-0.39, 0.29) is 5.91 Å². The highest BCUT2D eigenvalue weighted by atomic mass is 35.5. The van der Waals surface area contributed by atoms with Crippen molar-refractivity contribution < 1.29 is 18.7 Å². The molecular formula is C16H16ClN3O4. The summed E-state index contributed by atoms with van der Waals surface area (Å²) in [6.07, 6.45) is 1.47. The molecule has 1 N–H and O–H groups in total. The van der Waals surface area contributed by atoms with E-state index >= 15 is 0 Å². The zero-order valence-corrected chi connectivity index (χ0v) is 14.2. The average molecular weight is 350 g/mol. The van der Waals surface area contributed by atoms with Crippen LogP contribution in [0, 0.1) is 0 Å². The Labute approximate surface area is 143 Å². The summed E-state index contributed by atoms with van der Waals surface area (Å²) in [7, 11) is 4.81. The SMILES string of the molecule is COCc1cc2c(C(=O)Nc3c(Cl)cnn3C)ccc(OC)c2o1. The van der Waals surface area contributed by atoms with E-state index in [0.29, 0.717) is 45.5 Å². The highest BCUT2D eigenvalue weighted by Gasteiger charge is 2.19. The first-order valence-electron chi connectivity index (χ1n) is 7.12. The number of halogens is 1. The third-order valence-electron chi connectivity index (χ3n) is 3.58. The fourth-order valence-corrected chi connectivity index (χ4v) is 2.66. The van der Waals surface area contributed by atoms with Gasteiger partial charge in [0, 0.05) is 19.5 Å². The number of aromatic nitrogens is 2. The number of rotatable bonds is 5. The summed E-state index contributed by atoms with van der Waals surface area (Å²) in [5.74, 6) is 1.25. The van der Waals surface area contributed by atoms with Crippen LogP contribution in [0.15, 0.2) is 28.8 Å². The zero-order chi connectivity index (χ0) is 17.3. The number of fused-ring (bicyclic) bond motifs is 1. The van der Waals surface area contributed by atoms with Gasteiger partial charge in [0.25, 0.3) is 5.91 Å². The molecule has 0 bridgehead atoms.